The van der Waals surface area contributed by atoms with Crippen LogP contribution in [-0.4, -0.2) is 55.1 Å². The molecule has 1 aliphatic heterocycles. The molecule has 0 saturated carbocycles. The fourth-order valence-corrected chi connectivity index (χ4v) is 2.80. The van der Waals surface area contributed by atoms with Crippen LogP contribution in [-0.2, 0) is 4.79 Å². The fraction of sp³-hybridized carbons (Fsp3) is 0.647. The van der Waals surface area contributed by atoms with Gasteiger partial charge in [-0.2, -0.15) is 0 Å². The van der Waals surface area contributed by atoms with E-state index >= 15 is 0 Å². The second kappa shape index (κ2) is 9.20. The Morgan fingerprint density at radius 3 is 2.42 bits per heavy atom. The summed E-state index contributed by atoms with van der Waals surface area (Å²) in [5.41, 5.74) is 6.94. The topological polar surface area (TPSA) is 74.5 Å². The summed E-state index contributed by atoms with van der Waals surface area (Å²) in [5.74, 6) is 0.470. The summed E-state index contributed by atoms with van der Waals surface area (Å²) in [4.78, 5) is 20.9. The van der Waals surface area contributed by atoms with E-state index in [0.717, 1.165) is 31.6 Å². The Morgan fingerprint density at radius 1 is 1.33 bits per heavy atom. The molecule has 1 fully saturated rings. The van der Waals surface area contributed by atoms with Gasteiger partial charge in [0.15, 0.2) is 0 Å². The predicted octanol–water partition coefficient (Wildman–Crippen LogP) is 1.96. The highest BCUT2D eigenvalue weighted by molar-refractivity contribution is 5.94. The molecule has 24 heavy (non-hydrogen) atoms. The molecule has 0 aromatic carbocycles. The van der Waals surface area contributed by atoms with E-state index in [0.29, 0.717) is 11.9 Å². The Kier molecular flexibility index (Phi) is 7.93. The number of nitrogens with two attached hydrogens (primary N) is 1. The number of aromatic nitrogens is 1. The largest absolute Gasteiger partial charge is 0.370 e. The highest BCUT2D eigenvalue weighted by atomic mass is 35.5. The maximum atomic E-state index is 11.9. The van der Waals surface area contributed by atoms with Crippen LogP contribution >= 0.6 is 12.4 Å². The highest BCUT2D eigenvalue weighted by Gasteiger charge is 2.21. The van der Waals surface area contributed by atoms with Crippen LogP contribution in [0.5, 0.6) is 0 Å². The number of halogens is 1. The number of carbonyl (C=O) groups excluding carboxylic acids is 1. The third kappa shape index (κ3) is 5.33. The molecule has 1 saturated heterocycles. The van der Waals surface area contributed by atoms with Gasteiger partial charge in [-0.25, -0.2) is 4.98 Å². The normalized spacial score (nSPS) is 16.9. The number of hydrogen-bond acceptors (Lipinski definition) is 5. The third-order valence-electron chi connectivity index (χ3n) is 4.58. The average Bonchev–Trinajstić information content (AvgIpc) is 2.54. The lowest BCUT2D eigenvalue weighted by atomic mass is 10.0. The van der Waals surface area contributed by atoms with Gasteiger partial charge in [0.1, 0.15) is 5.82 Å². The van der Waals surface area contributed by atoms with Crippen molar-refractivity contribution in [2.45, 2.75) is 38.8 Å². The van der Waals surface area contributed by atoms with Crippen molar-refractivity contribution in [1.29, 1.82) is 0 Å². The van der Waals surface area contributed by atoms with E-state index in [1.807, 2.05) is 32.2 Å². The number of piperidine rings is 1. The van der Waals surface area contributed by atoms with Crippen LogP contribution in [0.2, 0.25) is 0 Å². The van der Waals surface area contributed by atoms with Gasteiger partial charge >= 0.3 is 0 Å². The van der Waals surface area contributed by atoms with E-state index in [4.69, 9.17) is 5.73 Å². The van der Waals surface area contributed by atoms with Crippen molar-refractivity contribution in [1.82, 2.24) is 9.88 Å². The van der Waals surface area contributed by atoms with Crippen molar-refractivity contribution in [3.05, 3.63) is 18.3 Å². The van der Waals surface area contributed by atoms with Gasteiger partial charge < -0.3 is 20.9 Å². The second-order valence-electron chi connectivity index (χ2n) is 6.84. The van der Waals surface area contributed by atoms with Crippen LogP contribution in [0.15, 0.2) is 18.3 Å². The van der Waals surface area contributed by atoms with Crippen molar-refractivity contribution >= 4 is 29.8 Å². The van der Waals surface area contributed by atoms with Crippen LogP contribution in [0.1, 0.15) is 26.7 Å². The maximum Gasteiger partial charge on any atom is 0.242 e. The zero-order chi connectivity index (χ0) is 17.0. The van der Waals surface area contributed by atoms with E-state index in [1.54, 1.807) is 0 Å². The smallest absolute Gasteiger partial charge is 0.242 e. The SMILES string of the molecule is CC(C)[C@H](N)C(=O)Nc1ccc(N2CCC(N(C)C)CC2)cn1.Cl. The van der Waals surface area contributed by atoms with E-state index in [9.17, 15) is 4.79 Å². The van der Waals surface area contributed by atoms with Gasteiger partial charge in [-0.05, 0) is 45.0 Å². The Labute approximate surface area is 151 Å². The average molecular weight is 356 g/mol. The minimum Gasteiger partial charge on any atom is -0.370 e. The minimum atomic E-state index is -0.512. The first-order valence-corrected chi connectivity index (χ1v) is 8.32. The molecule has 1 aromatic heterocycles. The molecule has 0 aliphatic carbocycles. The Balaban J connectivity index is 0.00000288. The van der Waals surface area contributed by atoms with Crippen LogP contribution in [0, 0.1) is 5.92 Å². The van der Waals surface area contributed by atoms with Crippen molar-refractivity contribution in [3.8, 4) is 0 Å². The monoisotopic (exact) mass is 355 g/mol. The molecule has 0 unspecified atom stereocenters. The quantitative estimate of drug-likeness (QED) is 0.844. The van der Waals surface area contributed by atoms with Crippen LogP contribution in [0.3, 0.4) is 0 Å². The molecular formula is C17H30ClN5O. The number of nitrogens with zero attached hydrogens (tertiary/aromatic N) is 3. The molecule has 6 nitrogen and oxygen atoms in total. The van der Waals surface area contributed by atoms with Gasteiger partial charge in [0.25, 0.3) is 0 Å². The number of nitrogens with one attached hydrogen (secondary N) is 1. The van der Waals surface area contributed by atoms with Gasteiger partial charge in [-0.15, -0.1) is 12.4 Å². The summed E-state index contributed by atoms with van der Waals surface area (Å²) in [7, 11) is 4.28. The van der Waals surface area contributed by atoms with Crippen molar-refractivity contribution in [2.75, 3.05) is 37.4 Å². The Morgan fingerprint density at radius 2 is 1.96 bits per heavy atom. The van der Waals surface area contributed by atoms with E-state index in [2.05, 4.69) is 34.2 Å². The lowest BCUT2D eigenvalue weighted by molar-refractivity contribution is -0.118. The van der Waals surface area contributed by atoms with Gasteiger partial charge in [0.05, 0.1) is 17.9 Å². The summed E-state index contributed by atoms with van der Waals surface area (Å²) in [6.07, 6.45) is 4.15. The van der Waals surface area contributed by atoms with Crippen molar-refractivity contribution < 1.29 is 4.79 Å². The molecule has 2 heterocycles. The number of anilines is 2. The van der Waals surface area contributed by atoms with Crippen LogP contribution < -0.4 is 16.0 Å². The number of rotatable bonds is 5. The number of pyridine rings is 1. The molecule has 1 aromatic rings. The molecule has 136 valence electrons. The maximum absolute atomic E-state index is 11.9. The molecule has 2 rings (SSSR count). The molecule has 1 amide bonds. The Hall–Kier alpha value is -1.37. The standard InChI is InChI=1S/C17H29N5O.ClH/c1-12(2)16(18)17(23)20-15-6-5-14(11-19-15)22-9-7-13(8-10-22)21(3)4;/h5-6,11-13,16H,7-10,18H2,1-4H3,(H,19,20,23);1H/t16-;/m0./s1. The zero-order valence-electron chi connectivity index (χ0n) is 15.0. The molecule has 0 bridgehead atoms. The van der Waals surface area contributed by atoms with Crippen LogP contribution in [0.4, 0.5) is 11.5 Å². The summed E-state index contributed by atoms with van der Waals surface area (Å²) >= 11 is 0. The lowest BCUT2D eigenvalue weighted by Crippen LogP contribution is -2.42. The molecule has 0 spiro atoms. The molecule has 1 aliphatic rings. The van der Waals surface area contributed by atoms with Gasteiger partial charge in [0, 0.05) is 19.1 Å². The third-order valence-corrected chi connectivity index (χ3v) is 4.58. The summed E-state index contributed by atoms with van der Waals surface area (Å²) in [5, 5.41) is 2.77. The molecule has 0 radical (unpaired) electrons. The van der Waals surface area contributed by atoms with Crippen molar-refractivity contribution in [3.63, 3.8) is 0 Å². The van der Waals surface area contributed by atoms with Gasteiger partial charge in [-0.3, -0.25) is 4.79 Å². The molecule has 7 heteroatoms. The number of amides is 1. The van der Waals surface area contributed by atoms with Gasteiger partial charge in [-0.1, -0.05) is 13.8 Å². The lowest BCUT2D eigenvalue weighted by Gasteiger charge is -2.36. The van der Waals surface area contributed by atoms with E-state index < -0.39 is 6.04 Å². The molecule has 1 atom stereocenters. The first-order valence-electron chi connectivity index (χ1n) is 8.32. The molecule has 3 N–H and O–H groups in total. The fourth-order valence-electron chi connectivity index (χ4n) is 2.80. The number of carbonyl (C=O) groups is 1. The highest BCUT2D eigenvalue weighted by Crippen LogP contribution is 2.22. The first kappa shape index (κ1) is 20.7. The van der Waals surface area contributed by atoms with E-state index in [-0.39, 0.29) is 24.2 Å². The zero-order valence-corrected chi connectivity index (χ0v) is 15.8. The minimum absolute atomic E-state index is 0. The predicted molar refractivity (Wildman–Crippen MR) is 102 cm³/mol. The summed E-state index contributed by atoms with van der Waals surface area (Å²) in [6.45, 7) is 5.93. The van der Waals surface area contributed by atoms with Gasteiger partial charge in [0.2, 0.25) is 5.91 Å². The number of hydrogen-bond donors (Lipinski definition) is 2. The van der Waals surface area contributed by atoms with Crippen LogP contribution in [0.25, 0.3) is 0 Å². The van der Waals surface area contributed by atoms with Crippen molar-refractivity contribution in [2.24, 2.45) is 11.7 Å². The van der Waals surface area contributed by atoms with E-state index in [1.165, 1.54) is 0 Å². The molecular weight excluding hydrogens is 326 g/mol. The summed E-state index contributed by atoms with van der Waals surface area (Å²) in [6, 6.07) is 4.01. The second-order valence-corrected chi connectivity index (χ2v) is 6.84. The Bertz CT molecular complexity index is 512. The first-order chi connectivity index (χ1) is 10.9. The summed E-state index contributed by atoms with van der Waals surface area (Å²) < 4.78 is 0.